The van der Waals surface area contributed by atoms with Crippen LogP contribution in [0.1, 0.15) is 16.1 Å². The average Bonchev–Trinajstić information content (AvgIpc) is 2.74. The Balaban J connectivity index is 1.87. The Morgan fingerprint density at radius 2 is 2.04 bits per heavy atom. The second kappa shape index (κ2) is 9.22. The second-order valence-corrected chi connectivity index (χ2v) is 7.72. The van der Waals surface area contributed by atoms with Gasteiger partial charge in [-0.05, 0) is 29.8 Å². The van der Waals surface area contributed by atoms with Crippen molar-refractivity contribution in [1.29, 1.82) is 0 Å². The third-order valence-electron chi connectivity index (χ3n) is 4.26. The number of pyridine rings is 1. The van der Waals surface area contributed by atoms with Gasteiger partial charge in [0.05, 0.1) is 11.6 Å². The van der Waals surface area contributed by atoms with E-state index in [1.165, 1.54) is 35.4 Å². The minimum Gasteiger partial charge on any atom is -0.323 e. The third kappa shape index (κ3) is 4.73. The van der Waals surface area contributed by atoms with E-state index in [9.17, 15) is 14.0 Å². The first-order chi connectivity index (χ1) is 13.5. The van der Waals surface area contributed by atoms with Gasteiger partial charge >= 0.3 is 6.03 Å². The molecular formula is C18H19ClFN5O2S. The van der Waals surface area contributed by atoms with E-state index in [-0.39, 0.29) is 23.3 Å². The van der Waals surface area contributed by atoms with E-state index < -0.39 is 11.7 Å². The van der Waals surface area contributed by atoms with Crippen LogP contribution in [0, 0.1) is 5.82 Å². The van der Waals surface area contributed by atoms with Crippen molar-refractivity contribution >= 4 is 41.0 Å². The molecule has 10 heteroatoms. The zero-order chi connectivity index (χ0) is 20.1. The van der Waals surface area contributed by atoms with Crippen LogP contribution < -0.4 is 16.2 Å². The van der Waals surface area contributed by atoms with Crippen LogP contribution in [0.15, 0.2) is 36.5 Å². The zero-order valence-corrected chi connectivity index (χ0v) is 16.5. The summed E-state index contributed by atoms with van der Waals surface area (Å²) in [5, 5.41) is -0.0578. The summed E-state index contributed by atoms with van der Waals surface area (Å²) in [5.74, 6) is 5.79. The Kier molecular flexibility index (Phi) is 6.71. The molecule has 1 aliphatic rings. The molecule has 1 aromatic carbocycles. The highest BCUT2D eigenvalue weighted by molar-refractivity contribution is 7.99. The topological polar surface area (TPSA) is 91.6 Å². The molecule has 0 spiro atoms. The number of urea groups is 1. The molecule has 1 aromatic heterocycles. The number of nitrogen functional groups attached to an aromatic ring is 1. The van der Waals surface area contributed by atoms with Crippen molar-refractivity contribution in [1.82, 2.24) is 15.3 Å². The molecule has 28 heavy (non-hydrogen) atoms. The fraction of sp³-hybridized carbons (Fsp3) is 0.278. The highest BCUT2D eigenvalue weighted by Crippen LogP contribution is 2.26. The van der Waals surface area contributed by atoms with E-state index in [0.717, 1.165) is 11.5 Å². The number of hydrogen-bond acceptors (Lipinski definition) is 5. The summed E-state index contributed by atoms with van der Waals surface area (Å²) in [6.45, 7) is 1.48. The van der Waals surface area contributed by atoms with Crippen LogP contribution in [0.25, 0.3) is 0 Å². The largest absolute Gasteiger partial charge is 0.324 e. The molecule has 0 radical (unpaired) electrons. The monoisotopic (exact) mass is 423 g/mol. The molecule has 2 heterocycles. The number of rotatable bonds is 4. The van der Waals surface area contributed by atoms with Crippen molar-refractivity contribution in [2.45, 2.75) is 6.54 Å². The SMILES string of the molecule is NNC(=O)c1ccc(CN(C(=O)N2CCSCC2)c2ccc(F)c(Cl)c2)cn1. The predicted molar refractivity (Wildman–Crippen MR) is 108 cm³/mol. The van der Waals surface area contributed by atoms with E-state index in [0.29, 0.717) is 24.3 Å². The van der Waals surface area contributed by atoms with E-state index in [4.69, 9.17) is 17.4 Å². The number of carbonyl (C=O) groups is 2. The molecule has 0 unspecified atom stereocenters. The lowest BCUT2D eigenvalue weighted by Crippen LogP contribution is -2.46. The smallest absolute Gasteiger partial charge is 0.323 e. The second-order valence-electron chi connectivity index (χ2n) is 6.09. The molecule has 7 nitrogen and oxygen atoms in total. The van der Waals surface area contributed by atoms with Gasteiger partial charge in [-0.3, -0.25) is 20.1 Å². The lowest BCUT2D eigenvalue weighted by Gasteiger charge is -2.33. The van der Waals surface area contributed by atoms with Gasteiger partial charge in [0.15, 0.2) is 0 Å². The molecule has 0 atom stereocenters. The molecule has 0 aliphatic carbocycles. The number of halogens is 2. The molecule has 1 aliphatic heterocycles. The molecule has 0 saturated carbocycles. The number of hydrazine groups is 1. The van der Waals surface area contributed by atoms with Crippen molar-refractivity contribution in [2.24, 2.45) is 5.84 Å². The Morgan fingerprint density at radius 1 is 1.29 bits per heavy atom. The first-order valence-electron chi connectivity index (χ1n) is 8.54. The highest BCUT2D eigenvalue weighted by atomic mass is 35.5. The normalized spacial score (nSPS) is 13.9. The maximum Gasteiger partial charge on any atom is 0.324 e. The summed E-state index contributed by atoms with van der Waals surface area (Å²) < 4.78 is 13.6. The summed E-state index contributed by atoms with van der Waals surface area (Å²) >= 11 is 7.72. The number of nitrogens with zero attached hydrogens (tertiary/aromatic N) is 3. The average molecular weight is 424 g/mol. The standard InChI is InChI=1S/C18H19ClFN5O2S/c19-14-9-13(2-3-15(14)20)25(18(27)24-5-7-28-8-6-24)11-12-1-4-16(22-10-12)17(26)23-21/h1-4,9-10H,5-8,11,21H2,(H,23,26). The van der Waals surface area contributed by atoms with Gasteiger partial charge < -0.3 is 4.90 Å². The predicted octanol–water partition coefficient (Wildman–Crippen LogP) is 2.65. The number of benzene rings is 1. The number of aromatic nitrogens is 1. The molecule has 3 N–H and O–H groups in total. The van der Waals surface area contributed by atoms with Gasteiger partial charge in [-0.1, -0.05) is 17.7 Å². The fourth-order valence-corrected chi connectivity index (χ4v) is 3.83. The maximum absolute atomic E-state index is 13.6. The number of thioether (sulfide) groups is 1. The van der Waals surface area contributed by atoms with E-state index in [2.05, 4.69) is 4.98 Å². The van der Waals surface area contributed by atoms with Gasteiger partial charge in [-0.2, -0.15) is 11.8 Å². The van der Waals surface area contributed by atoms with E-state index >= 15 is 0 Å². The van der Waals surface area contributed by atoms with Crippen LogP contribution in [0.3, 0.4) is 0 Å². The van der Waals surface area contributed by atoms with Gasteiger partial charge in [0.1, 0.15) is 11.5 Å². The molecule has 3 amide bonds. The Labute approximate surface area is 171 Å². The summed E-state index contributed by atoms with van der Waals surface area (Å²) in [6.07, 6.45) is 1.50. The molecule has 148 valence electrons. The van der Waals surface area contributed by atoms with Crippen molar-refractivity contribution in [2.75, 3.05) is 29.5 Å². The number of nitrogens with two attached hydrogens (primary N) is 1. The summed E-state index contributed by atoms with van der Waals surface area (Å²) in [4.78, 5) is 32.0. The molecule has 0 bridgehead atoms. The Bertz CT molecular complexity index is 862. The van der Waals surface area contributed by atoms with Crippen molar-refractivity contribution < 1.29 is 14.0 Å². The van der Waals surface area contributed by atoms with E-state index in [1.807, 2.05) is 5.43 Å². The molecule has 3 rings (SSSR count). The van der Waals surface area contributed by atoms with Crippen LogP contribution in [-0.2, 0) is 6.54 Å². The highest BCUT2D eigenvalue weighted by Gasteiger charge is 2.25. The summed E-state index contributed by atoms with van der Waals surface area (Å²) in [7, 11) is 0. The first-order valence-corrected chi connectivity index (χ1v) is 10.1. The van der Waals surface area contributed by atoms with Crippen LogP contribution in [0.4, 0.5) is 14.9 Å². The van der Waals surface area contributed by atoms with Crippen LogP contribution >= 0.6 is 23.4 Å². The Hall–Kier alpha value is -2.36. The van der Waals surface area contributed by atoms with Crippen molar-refractivity contribution in [3.05, 3.63) is 58.6 Å². The number of amides is 3. The number of carbonyl (C=O) groups excluding carboxylic acids is 2. The number of nitrogens with one attached hydrogen (secondary N) is 1. The fourth-order valence-electron chi connectivity index (χ4n) is 2.76. The van der Waals surface area contributed by atoms with Gasteiger partial charge in [0.25, 0.3) is 5.91 Å². The molecule has 2 aromatic rings. The zero-order valence-electron chi connectivity index (χ0n) is 14.9. The molecule has 1 fully saturated rings. The van der Waals surface area contributed by atoms with Gasteiger partial charge in [0, 0.05) is 36.5 Å². The van der Waals surface area contributed by atoms with Crippen LogP contribution in [-0.4, -0.2) is 46.4 Å². The van der Waals surface area contributed by atoms with Gasteiger partial charge in [0.2, 0.25) is 0 Å². The quantitative estimate of drug-likeness (QED) is 0.448. The van der Waals surface area contributed by atoms with E-state index in [1.54, 1.807) is 22.7 Å². The first kappa shape index (κ1) is 20.4. The van der Waals surface area contributed by atoms with Crippen molar-refractivity contribution in [3.63, 3.8) is 0 Å². The minimum atomic E-state index is -0.550. The van der Waals surface area contributed by atoms with Crippen LogP contribution in [0.5, 0.6) is 0 Å². The summed E-state index contributed by atoms with van der Waals surface area (Å²) in [6, 6.07) is 7.20. The third-order valence-corrected chi connectivity index (χ3v) is 5.49. The van der Waals surface area contributed by atoms with Gasteiger partial charge in [-0.15, -0.1) is 0 Å². The van der Waals surface area contributed by atoms with Gasteiger partial charge in [-0.25, -0.2) is 15.0 Å². The lowest BCUT2D eigenvalue weighted by atomic mass is 10.2. The maximum atomic E-state index is 13.6. The molecule has 1 saturated heterocycles. The minimum absolute atomic E-state index is 0.0578. The lowest BCUT2D eigenvalue weighted by molar-refractivity contribution is 0.0948. The number of anilines is 1. The van der Waals surface area contributed by atoms with Crippen LogP contribution in [0.2, 0.25) is 5.02 Å². The number of hydrogen-bond donors (Lipinski definition) is 2. The summed E-state index contributed by atoms with van der Waals surface area (Å²) in [5.41, 5.74) is 3.37. The Morgan fingerprint density at radius 3 is 2.64 bits per heavy atom. The van der Waals surface area contributed by atoms with Crippen molar-refractivity contribution in [3.8, 4) is 0 Å². The molecular weight excluding hydrogens is 405 g/mol.